The van der Waals surface area contributed by atoms with Crippen molar-refractivity contribution in [2.24, 2.45) is 0 Å². The van der Waals surface area contributed by atoms with Crippen molar-refractivity contribution in [1.29, 1.82) is 0 Å². The third-order valence-electron chi connectivity index (χ3n) is 2.32. The van der Waals surface area contributed by atoms with E-state index in [-0.39, 0.29) is 22.6 Å². The Morgan fingerprint density at radius 1 is 1.44 bits per heavy atom. The van der Waals surface area contributed by atoms with Gasteiger partial charge in [0, 0.05) is 12.3 Å². The molecule has 0 spiro atoms. The minimum absolute atomic E-state index is 0.0297. The van der Waals surface area contributed by atoms with E-state index in [4.69, 9.17) is 11.6 Å². The van der Waals surface area contributed by atoms with E-state index in [1.807, 2.05) is 13.8 Å². The van der Waals surface area contributed by atoms with Crippen LogP contribution in [0.5, 0.6) is 0 Å². The molecule has 0 aliphatic rings. The Hall–Kier alpha value is -1.21. The fourth-order valence-electron chi connectivity index (χ4n) is 1.14. The molecule has 100 valence electrons. The summed E-state index contributed by atoms with van der Waals surface area (Å²) < 4.78 is 22.8. The summed E-state index contributed by atoms with van der Waals surface area (Å²) in [5, 5.41) is 2.36. The SMILES string of the molecule is CCC(C)Nc1nc(S(C)(=O)=O)nc(Cl)c1C=O. The summed E-state index contributed by atoms with van der Waals surface area (Å²) in [6.07, 6.45) is 2.26. The summed E-state index contributed by atoms with van der Waals surface area (Å²) in [5.74, 6) is 0.139. The minimum atomic E-state index is -3.58. The van der Waals surface area contributed by atoms with Crippen molar-refractivity contribution in [2.45, 2.75) is 31.5 Å². The van der Waals surface area contributed by atoms with Gasteiger partial charge in [-0.2, -0.15) is 0 Å². The summed E-state index contributed by atoms with van der Waals surface area (Å²) in [4.78, 5) is 18.4. The predicted octanol–water partition coefficient (Wildman–Crippen LogP) is 1.56. The van der Waals surface area contributed by atoms with Gasteiger partial charge < -0.3 is 5.32 Å². The van der Waals surface area contributed by atoms with Crippen LogP contribution < -0.4 is 5.32 Å². The van der Waals surface area contributed by atoms with Gasteiger partial charge in [0.15, 0.2) is 6.29 Å². The largest absolute Gasteiger partial charge is 0.367 e. The highest BCUT2D eigenvalue weighted by Gasteiger charge is 2.19. The summed E-state index contributed by atoms with van der Waals surface area (Å²) in [5.41, 5.74) is 0.0596. The smallest absolute Gasteiger partial charge is 0.250 e. The van der Waals surface area contributed by atoms with E-state index in [0.29, 0.717) is 6.29 Å². The molecule has 0 aromatic carbocycles. The average Bonchev–Trinajstić information content (AvgIpc) is 2.27. The maximum Gasteiger partial charge on any atom is 0.250 e. The first-order valence-electron chi connectivity index (χ1n) is 5.28. The van der Waals surface area contributed by atoms with Crippen LogP contribution in [0, 0.1) is 0 Å². The zero-order valence-corrected chi connectivity index (χ0v) is 11.8. The molecule has 0 bridgehead atoms. The normalized spacial score (nSPS) is 13.1. The summed E-state index contributed by atoms with van der Waals surface area (Å²) in [6.45, 7) is 3.82. The molecule has 0 saturated carbocycles. The Labute approximate surface area is 111 Å². The van der Waals surface area contributed by atoms with Crippen molar-refractivity contribution in [3.63, 3.8) is 0 Å². The molecule has 1 heterocycles. The Kier molecular flexibility index (Phi) is 4.64. The molecule has 18 heavy (non-hydrogen) atoms. The molecule has 1 unspecified atom stereocenters. The van der Waals surface area contributed by atoms with Crippen LogP contribution in [0.15, 0.2) is 5.16 Å². The quantitative estimate of drug-likeness (QED) is 0.503. The molecule has 0 saturated heterocycles. The number of carbonyl (C=O) groups is 1. The number of aldehydes is 1. The van der Waals surface area contributed by atoms with Crippen LogP contribution in [0.25, 0.3) is 0 Å². The van der Waals surface area contributed by atoms with E-state index in [1.165, 1.54) is 0 Å². The third kappa shape index (κ3) is 3.39. The first kappa shape index (κ1) is 14.8. The molecular formula is C10H14ClN3O3S. The Bertz CT molecular complexity index is 560. The maximum atomic E-state index is 11.4. The number of carbonyl (C=O) groups excluding carboxylic acids is 1. The summed E-state index contributed by atoms with van der Waals surface area (Å²) in [7, 11) is -3.58. The monoisotopic (exact) mass is 291 g/mol. The molecule has 1 rings (SSSR count). The average molecular weight is 292 g/mol. The lowest BCUT2D eigenvalue weighted by Crippen LogP contribution is -2.18. The second-order valence-electron chi connectivity index (χ2n) is 3.90. The van der Waals surface area contributed by atoms with E-state index >= 15 is 0 Å². The van der Waals surface area contributed by atoms with Gasteiger partial charge in [-0.1, -0.05) is 18.5 Å². The molecule has 1 aromatic rings. The highest BCUT2D eigenvalue weighted by Crippen LogP contribution is 2.21. The topological polar surface area (TPSA) is 89.0 Å². The first-order valence-corrected chi connectivity index (χ1v) is 7.55. The molecule has 0 aliphatic carbocycles. The first-order chi connectivity index (χ1) is 8.29. The highest BCUT2D eigenvalue weighted by atomic mass is 35.5. The van der Waals surface area contributed by atoms with Gasteiger partial charge >= 0.3 is 0 Å². The minimum Gasteiger partial charge on any atom is -0.367 e. The second kappa shape index (κ2) is 5.62. The molecule has 0 aliphatic heterocycles. The third-order valence-corrected chi connectivity index (χ3v) is 3.46. The van der Waals surface area contributed by atoms with E-state index < -0.39 is 15.0 Å². The number of aromatic nitrogens is 2. The molecule has 0 radical (unpaired) electrons. The van der Waals surface area contributed by atoms with Gasteiger partial charge in [-0.15, -0.1) is 0 Å². The van der Waals surface area contributed by atoms with E-state index in [2.05, 4.69) is 15.3 Å². The number of anilines is 1. The van der Waals surface area contributed by atoms with Crippen molar-refractivity contribution in [3.8, 4) is 0 Å². The molecular weight excluding hydrogens is 278 g/mol. The van der Waals surface area contributed by atoms with Crippen LogP contribution >= 0.6 is 11.6 Å². The molecule has 0 fully saturated rings. The fourth-order valence-corrected chi connectivity index (χ4v) is 1.92. The maximum absolute atomic E-state index is 11.4. The van der Waals surface area contributed by atoms with Gasteiger partial charge in [0.2, 0.25) is 15.0 Å². The van der Waals surface area contributed by atoms with Gasteiger partial charge in [0.05, 0.1) is 5.56 Å². The number of halogens is 1. The van der Waals surface area contributed by atoms with Crippen molar-refractivity contribution < 1.29 is 13.2 Å². The molecule has 1 aromatic heterocycles. The molecule has 1 N–H and O–H groups in total. The predicted molar refractivity (Wildman–Crippen MR) is 68.9 cm³/mol. The van der Waals surface area contributed by atoms with Crippen LogP contribution in [0.1, 0.15) is 30.6 Å². The molecule has 1 atom stereocenters. The number of nitrogens with zero attached hydrogens (tertiary/aromatic N) is 2. The Morgan fingerprint density at radius 3 is 2.50 bits per heavy atom. The highest BCUT2D eigenvalue weighted by molar-refractivity contribution is 7.90. The zero-order chi connectivity index (χ0) is 13.9. The van der Waals surface area contributed by atoms with Gasteiger partial charge in [0.1, 0.15) is 11.0 Å². The lowest BCUT2D eigenvalue weighted by molar-refractivity contribution is 0.112. The lowest BCUT2D eigenvalue weighted by atomic mass is 10.2. The van der Waals surface area contributed by atoms with Gasteiger partial charge in [0.25, 0.3) is 0 Å². The number of sulfone groups is 1. The van der Waals surface area contributed by atoms with Crippen LogP contribution in [-0.2, 0) is 9.84 Å². The number of nitrogens with one attached hydrogen (secondary N) is 1. The van der Waals surface area contributed by atoms with Gasteiger partial charge in [-0.05, 0) is 13.3 Å². The number of hydrogen-bond acceptors (Lipinski definition) is 6. The van der Waals surface area contributed by atoms with E-state index in [0.717, 1.165) is 12.7 Å². The zero-order valence-electron chi connectivity index (χ0n) is 10.3. The summed E-state index contributed by atoms with van der Waals surface area (Å²) >= 11 is 5.78. The van der Waals surface area contributed by atoms with Gasteiger partial charge in [-0.25, -0.2) is 18.4 Å². The van der Waals surface area contributed by atoms with Gasteiger partial charge in [-0.3, -0.25) is 4.79 Å². The van der Waals surface area contributed by atoms with Crippen LogP contribution in [0.4, 0.5) is 5.82 Å². The number of rotatable bonds is 5. The van der Waals surface area contributed by atoms with Crippen LogP contribution in [0.3, 0.4) is 0 Å². The Balaban J connectivity index is 3.37. The van der Waals surface area contributed by atoms with Crippen LogP contribution in [0.2, 0.25) is 5.15 Å². The van der Waals surface area contributed by atoms with E-state index in [9.17, 15) is 13.2 Å². The number of hydrogen-bond donors (Lipinski definition) is 1. The molecule has 0 amide bonds. The fraction of sp³-hybridized carbons (Fsp3) is 0.500. The summed E-state index contributed by atoms with van der Waals surface area (Å²) in [6, 6.07) is 0.0297. The van der Waals surface area contributed by atoms with E-state index in [1.54, 1.807) is 0 Å². The van der Waals surface area contributed by atoms with Crippen molar-refractivity contribution in [2.75, 3.05) is 11.6 Å². The van der Waals surface area contributed by atoms with Crippen molar-refractivity contribution in [1.82, 2.24) is 9.97 Å². The van der Waals surface area contributed by atoms with Crippen molar-refractivity contribution in [3.05, 3.63) is 10.7 Å². The lowest BCUT2D eigenvalue weighted by Gasteiger charge is -2.14. The second-order valence-corrected chi connectivity index (χ2v) is 6.17. The molecule has 6 nitrogen and oxygen atoms in total. The molecule has 8 heteroatoms. The van der Waals surface area contributed by atoms with Crippen molar-refractivity contribution >= 4 is 33.5 Å². The van der Waals surface area contributed by atoms with Crippen LogP contribution in [-0.4, -0.2) is 37.0 Å². The standard InChI is InChI=1S/C10H14ClN3O3S/c1-4-6(2)12-9-7(5-15)8(11)13-10(14-9)18(3,16)17/h5-6H,4H2,1-3H3,(H,12,13,14). The Morgan fingerprint density at radius 2 is 2.06 bits per heavy atom.